The first-order valence-corrected chi connectivity index (χ1v) is 6.68. The van der Waals surface area contributed by atoms with E-state index in [1.54, 1.807) is 18.4 Å². The quantitative estimate of drug-likeness (QED) is 0.791. The summed E-state index contributed by atoms with van der Waals surface area (Å²) in [6, 6.07) is 2.02. The lowest BCUT2D eigenvalue weighted by atomic mass is 10.1. The molecule has 0 aromatic carbocycles. The molecule has 0 N–H and O–H groups in total. The average molecular weight is 271 g/mol. The SMILES string of the molecule is COC(c1nc(Cl)c2cc(C)sc2n1)C(C)C. The van der Waals surface area contributed by atoms with Crippen LogP contribution in [-0.2, 0) is 4.74 Å². The first-order valence-electron chi connectivity index (χ1n) is 5.49. The van der Waals surface area contributed by atoms with Crippen LogP contribution in [0.2, 0.25) is 5.15 Å². The van der Waals surface area contributed by atoms with E-state index in [4.69, 9.17) is 16.3 Å². The molecule has 5 heteroatoms. The molecule has 0 aliphatic heterocycles. The van der Waals surface area contributed by atoms with Crippen molar-refractivity contribution in [2.75, 3.05) is 7.11 Å². The van der Waals surface area contributed by atoms with Crippen LogP contribution >= 0.6 is 22.9 Å². The van der Waals surface area contributed by atoms with Crippen molar-refractivity contribution in [1.29, 1.82) is 0 Å². The monoisotopic (exact) mass is 270 g/mol. The van der Waals surface area contributed by atoms with Gasteiger partial charge in [-0.2, -0.15) is 0 Å². The molecule has 0 saturated carbocycles. The maximum Gasteiger partial charge on any atom is 0.160 e. The zero-order valence-corrected chi connectivity index (χ0v) is 11.9. The van der Waals surface area contributed by atoms with Crippen LogP contribution in [0.3, 0.4) is 0 Å². The molecule has 2 rings (SSSR count). The Labute approximate surface area is 110 Å². The van der Waals surface area contributed by atoms with Crippen LogP contribution < -0.4 is 0 Å². The lowest BCUT2D eigenvalue weighted by molar-refractivity contribution is 0.0578. The van der Waals surface area contributed by atoms with E-state index in [1.165, 1.54) is 4.88 Å². The number of rotatable bonds is 3. The van der Waals surface area contributed by atoms with E-state index in [9.17, 15) is 0 Å². The molecule has 2 aromatic rings. The highest BCUT2D eigenvalue weighted by Gasteiger charge is 2.20. The molecule has 0 amide bonds. The van der Waals surface area contributed by atoms with Gasteiger partial charge >= 0.3 is 0 Å². The van der Waals surface area contributed by atoms with Gasteiger partial charge in [-0.15, -0.1) is 11.3 Å². The summed E-state index contributed by atoms with van der Waals surface area (Å²) in [5.41, 5.74) is 0. The van der Waals surface area contributed by atoms with Crippen LogP contribution in [0.15, 0.2) is 6.07 Å². The van der Waals surface area contributed by atoms with Gasteiger partial charge in [-0.1, -0.05) is 25.4 Å². The highest BCUT2D eigenvalue weighted by atomic mass is 35.5. The standard InChI is InChI=1S/C12H15ClN2OS/c1-6(2)9(16-4)11-14-10(13)8-5-7(3)17-12(8)15-11/h5-6,9H,1-4H3. The van der Waals surface area contributed by atoms with Gasteiger partial charge in [0.15, 0.2) is 5.82 Å². The van der Waals surface area contributed by atoms with Gasteiger partial charge in [0.05, 0.1) is 0 Å². The molecule has 1 unspecified atom stereocenters. The largest absolute Gasteiger partial charge is 0.373 e. The van der Waals surface area contributed by atoms with Gasteiger partial charge in [0.2, 0.25) is 0 Å². The van der Waals surface area contributed by atoms with E-state index in [1.807, 2.05) is 13.0 Å². The summed E-state index contributed by atoms with van der Waals surface area (Å²) in [4.78, 5) is 11.0. The first kappa shape index (κ1) is 12.7. The third kappa shape index (κ3) is 2.44. The van der Waals surface area contributed by atoms with Gasteiger partial charge in [-0.05, 0) is 18.9 Å². The zero-order chi connectivity index (χ0) is 12.6. The molecule has 0 aliphatic rings. The number of aromatic nitrogens is 2. The van der Waals surface area contributed by atoms with E-state index in [0.29, 0.717) is 16.9 Å². The minimum Gasteiger partial charge on any atom is -0.373 e. The maximum absolute atomic E-state index is 6.18. The van der Waals surface area contributed by atoms with Crippen LogP contribution in [0.5, 0.6) is 0 Å². The Morgan fingerprint density at radius 3 is 2.65 bits per heavy atom. The van der Waals surface area contributed by atoms with E-state index in [0.717, 1.165) is 10.2 Å². The number of methoxy groups -OCH3 is 1. The number of hydrogen-bond acceptors (Lipinski definition) is 4. The van der Waals surface area contributed by atoms with Gasteiger partial charge in [-0.25, -0.2) is 9.97 Å². The lowest BCUT2D eigenvalue weighted by Crippen LogP contribution is -2.12. The van der Waals surface area contributed by atoms with E-state index < -0.39 is 0 Å². The molecule has 92 valence electrons. The molecule has 0 fully saturated rings. The van der Waals surface area contributed by atoms with Crippen LogP contribution in [-0.4, -0.2) is 17.1 Å². The fourth-order valence-electron chi connectivity index (χ4n) is 1.83. The number of hydrogen-bond donors (Lipinski definition) is 0. The van der Waals surface area contributed by atoms with Crippen LogP contribution in [0.4, 0.5) is 0 Å². The molecule has 1 atom stereocenters. The molecular weight excluding hydrogens is 256 g/mol. The van der Waals surface area contributed by atoms with Crippen molar-refractivity contribution in [1.82, 2.24) is 9.97 Å². The maximum atomic E-state index is 6.18. The molecule has 0 aliphatic carbocycles. The van der Waals surface area contributed by atoms with Crippen molar-refractivity contribution in [3.8, 4) is 0 Å². The molecule has 2 heterocycles. The first-order chi connectivity index (χ1) is 8.02. The molecule has 3 nitrogen and oxygen atoms in total. The summed E-state index contributed by atoms with van der Waals surface area (Å²) >= 11 is 7.81. The van der Waals surface area contributed by atoms with Crippen molar-refractivity contribution < 1.29 is 4.74 Å². The van der Waals surface area contributed by atoms with E-state index >= 15 is 0 Å². The summed E-state index contributed by atoms with van der Waals surface area (Å²) in [6.45, 7) is 6.20. The van der Waals surface area contributed by atoms with E-state index in [-0.39, 0.29) is 6.10 Å². The predicted molar refractivity (Wildman–Crippen MR) is 71.8 cm³/mol. The van der Waals surface area contributed by atoms with Gasteiger partial charge in [0, 0.05) is 17.4 Å². The Kier molecular flexibility index (Phi) is 3.66. The minimum absolute atomic E-state index is 0.112. The summed E-state index contributed by atoms with van der Waals surface area (Å²) in [7, 11) is 1.67. The highest BCUT2D eigenvalue weighted by Crippen LogP contribution is 2.31. The number of nitrogens with zero attached hydrogens (tertiary/aromatic N) is 2. The minimum atomic E-state index is -0.112. The number of fused-ring (bicyclic) bond motifs is 1. The van der Waals surface area contributed by atoms with Crippen LogP contribution in [0, 0.1) is 12.8 Å². The summed E-state index contributed by atoms with van der Waals surface area (Å²) < 4.78 is 5.43. The van der Waals surface area contributed by atoms with Crippen LogP contribution in [0.25, 0.3) is 10.2 Å². The number of halogens is 1. The molecular formula is C12H15ClN2OS. The molecule has 17 heavy (non-hydrogen) atoms. The second kappa shape index (κ2) is 4.88. The zero-order valence-electron chi connectivity index (χ0n) is 10.3. The topological polar surface area (TPSA) is 35.0 Å². The molecule has 0 saturated heterocycles. The summed E-state index contributed by atoms with van der Waals surface area (Å²) in [6.07, 6.45) is -0.112. The van der Waals surface area contributed by atoms with Crippen molar-refractivity contribution in [2.24, 2.45) is 5.92 Å². The molecule has 0 spiro atoms. The fraction of sp³-hybridized carbons (Fsp3) is 0.500. The Hall–Kier alpha value is -0.710. The molecule has 0 bridgehead atoms. The second-order valence-corrected chi connectivity index (χ2v) is 5.94. The highest BCUT2D eigenvalue weighted by molar-refractivity contribution is 7.18. The van der Waals surface area contributed by atoms with Crippen molar-refractivity contribution in [3.05, 3.63) is 21.9 Å². The molecule has 0 radical (unpaired) electrons. The second-order valence-electron chi connectivity index (χ2n) is 4.35. The van der Waals surface area contributed by atoms with Gasteiger partial charge in [0.1, 0.15) is 16.1 Å². The van der Waals surface area contributed by atoms with Crippen molar-refractivity contribution >= 4 is 33.2 Å². The Morgan fingerprint density at radius 2 is 2.06 bits per heavy atom. The number of ether oxygens (including phenoxy) is 1. The summed E-state index contributed by atoms with van der Waals surface area (Å²) in [5, 5.41) is 1.44. The van der Waals surface area contributed by atoms with Gasteiger partial charge in [0.25, 0.3) is 0 Å². The third-order valence-electron chi connectivity index (χ3n) is 2.60. The Bertz CT molecular complexity index is 539. The third-order valence-corrected chi connectivity index (χ3v) is 3.83. The van der Waals surface area contributed by atoms with Crippen molar-refractivity contribution in [3.63, 3.8) is 0 Å². The predicted octanol–water partition coefficient (Wildman–Crippen LogP) is 4.00. The summed E-state index contributed by atoms with van der Waals surface area (Å²) in [5.74, 6) is 0.983. The fourth-order valence-corrected chi connectivity index (χ4v) is 3.00. The Balaban J connectivity index is 2.55. The van der Waals surface area contributed by atoms with Crippen LogP contribution in [0.1, 0.15) is 30.7 Å². The average Bonchev–Trinajstić information content (AvgIpc) is 2.59. The van der Waals surface area contributed by atoms with Gasteiger partial charge in [-0.3, -0.25) is 0 Å². The lowest BCUT2D eigenvalue weighted by Gasteiger charge is -2.17. The van der Waals surface area contributed by atoms with Crippen molar-refractivity contribution in [2.45, 2.75) is 26.9 Å². The normalized spacial score (nSPS) is 13.5. The number of aryl methyl sites for hydroxylation is 1. The van der Waals surface area contributed by atoms with E-state index in [2.05, 4.69) is 23.8 Å². The molecule has 2 aromatic heterocycles. The Morgan fingerprint density at radius 1 is 1.35 bits per heavy atom. The number of thiophene rings is 1. The smallest absolute Gasteiger partial charge is 0.160 e. The van der Waals surface area contributed by atoms with Gasteiger partial charge < -0.3 is 4.74 Å².